The highest BCUT2D eigenvalue weighted by Crippen LogP contribution is 2.26. The standard InChI is InChI=1S/C3Cl3NO2.CH2Cl2/c4-3(5,6)2(9)7-1-8;2-1-3/h;1H2. The van der Waals surface area contributed by atoms with E-state index in [1.807, 2.05) is 0 Å². The van der Waals surface area contributed by atoms with Crippen molar-refractivity contribution in [3.63, 3.8) is 0 Å². The Morgan fingerprint density at radius 1 is 1.33 bits per heavy atom. The van der Waals surface area contributed by atoms with Gasteiger partial charge in [-0.2, -0.15) is 0 Å². The van der Waals surface area contributed by atoms with E-state index < -0.39 is 9.70 Å². The zero-order valence-corrected chi connectivity index (χ0v) is 9.14. The third kappa shape index (κ3) is 10.5. The fraction of sp³-hybridized carbons (Fsp3) is 0.500. The van der Waals surface area contributed by atoms with Crippen LogP contribution in [-0.2, 0) is 9.59 Å². The molecule has 0 aromatic heterocycles. The number of carbonyl (C=O) groups excluding carboxylic acids is 2. The Kier molecular flexibility index (Phi) is 10.1. The third-order valence-electron chi connectivity index (χ3n) is 0.390. The van der Waals surface area contributed by atoms with Crippen LogP contribution in [-0.4, -0.2) is 21.1 Å². The molecule has 0 aliphatic rings. The first kappa shape index (κ1) is 15.0. The number of hydrogen-bond donors (Lipinski definition) is 0. The van der Waals surface area contributed by atoms with Crippen molar-refractivity contribution in [1.29, 1.82) is 0 Å². The third-order valence-corrected chi connectivity index (χ3v) is 0.875. The van der Waals surface area contributed by atoms with Crippen molar-refractivity contribution < 1.29 is 9.59 Å². The number of amides is 1. The summed E-state index contributed by atoms with van der Waals surface area (Å²) in [6, 6.07) is 0. The minimum atomic E-state index is -2.14. The number of nitrogens with zero attached hydrogens (tertiary/aromatic N) is 1. The van der Waals surface area contributed by atoms with Gasteiger partial charge in [-0.3, -0.25) is 4.79 Å². The van der Waals surface area contributed by atoms with E-state index in [1.54, 1.807) is 0 Å². The van der Waals surface area contributed by atoms with Crippen molar-refractivity contribution >= 4 is 70.0 Å². The van der Waals surface area contributed by atoms with Crippen LogP contribution < -0.4 is 0 Å². The maximum atomic E-state index is 10.2. The lowest BCUT2D eigenvalue weighted by Gasteiger charge is -2.00. The fourth-order valence-electron chi connectivity index (χ4n) is 0.105. The van der Waals surface area contributed by atoms with E-state index in [4.69, 9.17) is 58.0 Å². The van der Waals surface area contributed by atoms with Crippen LogP contribution in [0.3, 0.4) is 0 Å². The van der Waals surface area contributed by atoms with Crippen LogP contribution in [0.4, 0.5) is 0 Å². The van der Waals surface area contributed by atoms with Crippen molar-refractivity contribution in [1.82, 2.24) is 0 Å². The predicted molar refractivity (Wildman–Crippen MR) is 50.0 cm³/mol. The lowest BCUT2D eigenvalue weighted by Crippen LogP contribution is -2.15. The van der Waals surface area contributed by atoms with Gasteiger partial charge >= 0.3 is 5.91 Å². The number of hydrogen-bond acceptors (Lipinski definition) is 2. The molecule has 0 heterocycles. The zero-order valence-electron chi connectivity index (χ0n) is 5.36. The molecule has 0 saturated heterocycles. The summed E-state index contributed by atoms with van der Waals surface area (Å²) in [4.78, 5) is 22.2. The second-order valence-electron chi connectivity index (χ2n) is 1.11. The van der Waals surface area contributed by atoms with Crippen LogP contribution in [0.25, 0.3) is 0 Å². The zero-order chi connectivity index (χ0) is 10.2. The molecule has 0 rings (SSSR count). The Balaban J connectivity index is 0. The smallest absolute Gasteiger partial charge is 0.267 e. The van der Waals surface area contributed by atoms with Crippen LogP contribution in [0.1, 0.15) is 0 Å². The van der Waals surface area contributed by atoms with Gasteiger partial charge in [-0.1, -0.05) is 34.8 Å². The first-order valence-corrected chi connectivity index (χ1v) is 4.41. The highest BCUT2D eigenvalue weighted by atomic mass is 35.6. The number of carbonyl (C=O) groups is 1. The molecule has 8 heteroatoms. The molecule has 0 spiro atoms. The average molecular weight is 273 g/mol. The minimum absolute atomic E-state index is 0.194. The molecule has 12 heavy (non-hydrogen) atoms. The molecule has 0 fully saturated rings. The van der Waals surface area contributed by atoms with Crippen LogP contribution in [0.2, 0.25) is 0 Å². The summed E-state index contributed by atoms with van der Waals surface area (Å²) in [7, 11) is 0. The van der Waals surface area contributed by atoms with Crippen molar-refractivity contribution in [2.75, 3.05) is 5.34 Å². The Labute approximate surface area is 93.6 Å². The molecule has 0 aromatic rings. The molecule has 0 bridgehead atoms. The van der Waals surface area contributed by atoms with Crippen molar-refractivity contribution in [3.05, 3.63) is 0 Å². The summed E-state index contributed by atoms with van der Waals surface area (Å²) in [6.07, 6.45) is 0.946. The molecule has 0 N–H and O–H groups in total. The molecule has 3 nitrogen and oxygen atoms in total. The molecular formula is C4H2Cl5NO2. The van der Waals surface area contributed by atoms with E-state index in [2.05, 4.69) is 4.99 Å². The Morgan fingerprint density at radius 3 is 1.75 bits per heavy atom. The summed E-state index contributed by atoms with van der Waals surface area (Å²) in [6.45, 7) is 0. The summed E-state index contributed by atoms with van der Waals surface area (Å²) in [5.74, 6) is -1.14. The maximum absolute atomic E-state index is 10.2. The molecule has 0 unspecified atom stereocenters. The number of alkyl halides is 5. The largest absolute Gasteiger partial charge is 0.308 e. The summed E-state index contributed by atoms with van der Waals surface area (Å²) >= 11 is 24.4. The van der Waals surface area contributed by atoms with Gasteiger partial charge in [-0.05, 0) is 0 Å². The van der Waals surface area contributed by atoms with Gasteiger partial charge in [0.25, 0.3) is 3.79 Å². The van der Waals surface area contributed by atoms with Crippen molar-refractivity contribution in [3.8, 4) is 0 Å². The molecule has 70 valence electrons. The number of isocyanates is 1. The van der Waals surface area contributed by atoms with E-state index in [0.717, 1.165) is 6.08 Å². The van der Waals surface area contributed by atoms with E-state index in [0.29, 0.717) is 0 Å². The molecule has 0 aliphatic carbocycles. The summed E-state index contributed by atoms with van der Waals surface area (Å²) in [5.41, 5.74) is 0. The monoisotopic (exact) mass is 271 g/mol. The second-order valence-corrected chi connectivity index (χ2v) is 4.20. The lowest BCUT2D eigenvalue weighted by molar-refractivity contribution is -0.116. The number of aliphatic imine (C=N–C) groups is 1. The van der Waals surface area contributed by atoms with Gasteiger partial charge in [-0.25, -0.2) is 4.79 Å². The highest BCUT2D eigenvalue weighted by Gasteiger charge is 2.30. The van der Waals surface area contributed by atoms with E-state index >= 15 is 0 Å². The van der Waals surface area contributed by atoms with Crippen LogP contribution >= 0.6 is 58.0 Å². The minimum Gasteiger partial charge on any atom is -0.267 e. The van der Waals surface area contributed by atoms with Crippen LogP contribution in [0.5, 0.6) is 0 Å². The normalized spacial score (nSPS) is 9.08. The Bertz CT molecular complexity index is 182. The van der Waals surface area contributed by atoms with Crippen molar-refractivity contribution in [2.24, 2.45) is 4.99 Å². The van der Waals surface area contributed by atoms with Crippen molar-refractivity contribution in [2.45, 2.75) is 3.79 Å². The van der Waals surface area contributed by atoms with Gasteiger partial charge in [0.15, 0.2) is 0 Å². The first-order valence-electron chi connectivity index (χ1n) is 2.21. The first-order chi connectivity index (χ1) is 5.40. The number of rotatable bonds is 0. The van der Waals surface area contributed by atoms with Crippen LogP contribution in [0.15, 0.2) is 4.99 Å². The van der Waals surface area contributed by atoms with Gasteiger partial charge in [0.1, 0.15) is 0 Å². The molecule has 0 radical (unpaired) electrons. The highest BCUT2D eigenvalue weighted by molar-refractivity contribution is 6.76. The number of halogens is 5. The molecule has 0 saturated carbocycles. The van der Waals surface area contributed by atoms with Gasteiger partial charge in [0.2, 0.25) is 6.08 Å². The van der Waals surface area contributed by atoms with E-state index in [1.165, 1.54) is 0 Å². The predicted octanol–water partition coefficient (Wildman–Crippen LogP) is 2.64. The Hall–Kier alpha value is 0.500. The van der Waals surface area contributed by atoms with Gasteiger partial charge in [-0.15, -0.1) is 28.2 Å². The molecule has 0 aromatic carbocycles. The van der Waals surface area contributed by atoms with E-state index in [9.17, 15) is 9.59 Å². The molecular weight excluding hydrogens is 271 g/mol. The Morgan fingerprint density at radius 2 is 1.67 bits per heavy atom. The molecule has 0 aliphatic heterocycles. The quantitative estimate of drug-likeness (QED) is 0.387. The van der Waals surface area contributed by atoms with Gasteiger partial charge in [0, 0.05) is 0 Å². The average Bonchev–Trinajstić information content (AvgIpc) is 1.88. The van der Waals surface area contributed by atoms with Gasteiger partial charge in [0.05, 0.1) is 5.34 Å². The van der Waals surface area contributed by atoms with E-state index in [-0.39, 0.29) is 5.34 Å². The summed E-state index contributed by atoms with van der Waals surface area (Å²) in [5, 5.41) is 0.194. The summed E-state index contributed by atoms with van der Waals surface area (Å²) < 4.78 is -2.14. The topological polar surface area (TPSA) is 46.5 Å². The second kappa shape index (κ2) is 8.11. The van der Waals surface area contributed by atoms with Gasteiger partial charge < -0.3 is 0 Å². The fourth-order valence-corrected chi connectivity index (χ4v) is 0.232. The SMILES string of the molecule is ClCCl.O=C=NC(=O)C(Cl)(Cl)Cl. The molecule has 1 amide bonds. The lowest BCUT2D eigenvalue weighted by atomic mass is 10.7. The maximum Gasteiger partial charge on any atom is 0.308 e. The van der Waals surface area contributed by atoms with Crippen LogP contribution in [0, 0.1) is 0 Å². The molecule has 0 atom stereocenters.